The number of amides is 1. The smallest absolute Gasteiger partial charge is 0.223 e. The van der Waals surface area contributed by atoms with Crippen molar-refractivity contribution in [1.29, 1.82) is 0 Å². The van der Waals surface area contributed by atoms with Crippen LogP contribution in [-0.2, 0) is 4.79 Å². The molecule has 16 heavy (non-hydrogen) atoms. The van der Waals surface area contributed by atoms with E-state index in [1.165, 1.54) is 31.9 Å². The van der Waals surface area contributed by atoms with Gasteiger partial charge < -0.3 is 5.32 Å². The van der Waals surface area contributed by atoms with Gasteiger partial charge in [0, 0.05) is 6.42 Å². The highest BCUT2D eigenvalue weighted by Crippen LogP contribution is 2.22. The second-order valence-corrected chi connectivity index (χ2v) is 5.60. The maximum atomic E-state index is 11.1. The van der Waals surface area contributed by atoms with E-state index in [2.05, 4.69) is 32.7 Å². The van der Waals surface area contributed by atoms with Crippen molar-refractivity contribution in [2.24, 2.45) is 5.41 Å². The fraction of sp³-hybridized carbons (Fsp3) is 0.786. The van der Waals surface area contributed by atoms with Gasteiger partial charge >= 0.3 is 0 Å². The Labute approximate surface area is 101 Å². The summed E-state index contributed by atoms with van der Waals surface area (Å²) in [6, 6.07) is 0. The Kier molecular flexibility index (Phi) is 7.96. The number of rotatable bonds is 8. The third-order valence-corrected chi connectivity index (χ3v) is 2.59. The van der Waals surface area contributed by atoms with Gasteiger partial charge in [-0.15, -0.1) is 0 Å². The molecule has 0 aromatic carbocycles. The van der Waals surface area contributed by atoms with Crippen LogP contribution in [-0.4, -0.2) is 5.91 Å². The molecule has 94 valence electrons. The predicted molar refractivity (Wildman–Crippen MR) is 70.1 cm³/mol. The maximum absolute atomic E-state index is 11.1. The van der Waals surface area contributed by atoms with Gasteiger partial charge in [0.2, 0.25) is 5.91 Å². The molecule has 0 aliphatic rings. The van der Waals surface area contributed by atoms with E-state index < -0.39 is 0 Å². The van der Waals surface area contributed by atoms with Crippen LogP contribution in [0.1, 0.15) is 65.7 Å². The van der Waals surface area contributed by atoms with Crippen molar-refractivity contribution in [1.82, 2.24) is 5.32 Å². The highest BCUT2D eigenvalue weighted by Gasteiger charge is 2.08. The third kappa shape index (κ3) is 11.3. The van der Waals surface area contributed by atoms with Crippen LogP contribution in [0.5, 0.6) is 0 Å². The fourth-order valence-corrected chi connectivity index (χ4v) is 1.66. The van der Waals surface area contributed by atoms with Crippen LogP contribution in [0.3, 0.4) is 0 Å². The van der Waals surface area contributed by atoms with Crippen molar-refractivity contribution in [2.75, 3.05) is 0 Å². The monoisotopic (exact) mass is 225 g/mol. The molecule has 2 nitrogen and oxygen atoms in total. The number of unbranched alkanes of at least 4 members (excludes halogenated alkanes) is 4. The molecule has 2 heteroatoms. The molecule has 0 atom stereocenters. The second-order valence-electron chi connectivity index (χ2n) is 5.60. The molecule has 1 N–H and O–H groups in total. The molecule has 0 heterocycles. The topological polar surface area (TPSA) is 29.1 Å². The zero-order valence-electron chi connectivity index (χ0n) is 11.1. The van der Waals surface area contributed by atoms with Crippen molar-refractivity contribution in [3.63, 3.8) is 0 Å². The molecular formula is C14H27NO. The van der Waals surface area contributed by atoms with Crippen molar-refractivity contribution in [3.05, 3.63) is 12.8 Å². The van der Waals surface area contributed by atoms with Gasteiger partial charge in [-0.1, -0.05) is 53.0 Å². The van der Waals surface area contributed by atoms with Crippen LogP contribution < -0.4 is 5.32 Å². The molecule has 0 rings (SSSR count). The lowest BCUT2D eigenvalue weighted by atomic mass is 9.89. The highest BCUT2D eigenvalue weighted by atomic mass is 16.1. The number of nitrogens with one attached hydrogen (secondary N) is 1. The Hall–Kier alpha value is -0.790. The summed E-state index contributed by atoms with van der Waals surface area (Å²) in [6.07, 6.45) is 9.38. The van der Waals surface area contributed by atoms with Gasteiger partial charge in [0.25, 0.3) is 0 Å². The lowest BCUT2D eigenvalue weighted by molar-refractivity contribution is -0.120. The standard InChI is InChI=1S/C14H27NO/c1-5-15-13(16)11-9-7-6-8-10-12-14(2,3)4/h5H,1,6-12H2,2-4H3,(H,15,16). The lowest BCUT2D eigenvalue weighted by Crippen LogP contribution is -2.15. The minimum absolute atomic E-state index is 0.0877. The molecule has 0 saturated heterocycles. The zero-order chi connectivity index (χ0) is 12.4. The Morgan fingerprint density at radius 3 is 2.25 bits per heavy atom. The molecule has 0 fully saturated rings. The van der Waals surface area contributed by atoms with E-state index in [9.17, 15) is 4.79 Å². The quantitative estimate of drug-likeness (QED) is 0.621. The summed E-state index contributed by atoms with van der Waals surface area (Å²) in [4.78, 5) is 11.1. The fourth-order valence-electron chi connectivity index (χ4n) is 1.66. The lowest BCUT2D eigenvalue weighted by Gasteiger charge is -2.17. The normalized spacial score (nSPS) is 11.2. The number of hydrogen-bond donors (Lipinski definition) is 1. The van der Waals surface area contributed by atoms with E-state index in [1.54, 1.807) is 0 Å². The maximum Gasteiger partial charge on any atom is 0.223 e. The Morgan fingerprint density at radius 2 is 1.69 bits per heavy atom. The Balaban J connectivity index is 3.22. The first-order valence-electron chi connectivity index (χ1n) is 6.36. The number of carbonyl (C=O) groups excluding carboxylic acids is 1. The first-order valence-corrected chi connectivity index (χ1v) is 6.36. The van der Waals surface area contributed by atoms with Crippen molar-refractivity contribution < 1.29 is 4.79 Å². The SMILES string of the molecule is C=CNC(=O)CCCCCCCC(C)(C)C. The van der Waals surface area contributed by atoms with Gasteiger partial charge in [-0.05, 0) is 24.5 Å². The van der Waals surface area contributed by atoms with E-state index in [-0.39, 0.29) is 5.91 Å². The molecule has 0 saturated carbocycles. The summed E-state index contributed by atoms with van der Waals surface area (Å²) in [7, 11) is 0. The molecule has 0 aliphatic carbocycles. The summed E-state index contributed by atoms with van der Waals surface area (Å²) < 4.78 is 0. The van der Waals surface area contributed by atoms with Gasteiger partial charge in [0.15, 0.2) is 0 Å². The summed E-state index contributed by atoms with van der Waals surface area (Å²) in [5.74, 6) is 0.0877. The highest BCUT2D eigenvalue weighted by molar-refractivity contribution is 5.76. The van der Waals surface area contributed by atoms with Crippen molar-refractivity contribution in [2.45, 2.75) is 65.7 Å². The molecule has 0 bridgehead atoms. The zero-order valence-corrected chi connectivity index (χ0v) is 11.1. The van der Waals surface area contributed by atoms with Crippen LogP contribution in [0.15, 0.2) is 12.8 Å². The van der Waals surface area contributed by atoms with Crippen LogP contribution in [0.4, 0.5) is 0 Å². The molecule has 0 aromatic heterocycles. The molecule has 0 spiro atoms. The van der Waals surface area contributed by atoms with E-state index >= 15 is 0 Å². The molecule has 0 radical (unpaired) electrons. The van der Waals surface area contributed by atoms with E-state index in [0.29, 0.717) is 11.8 Å². The Morgan fingerprint density at radius 1 is 1.12 bits per heavy atom. The largest absolute Gasteiger partial charge is 0.333 e. The van der Waals surface area contributed by atoms with Gasteiger partial charge in [0.05, 0.1) is 0 Å². The van der Waals surface area contributed by atoms with E-state index in [1.807, 2.05) is 0 Å². The second kappa shape index (κ2) is 8.37. The van der Waals surface area contributed by atoms with Crippen molar-refractivity contribution in [3.8, 4) is 0 Å². The minimum Gasteiger partial charge on any atom is -0.333 e. The van der Waals surface area contributed by atoms with Crippen LogP contribution >= 0.6 is 0 Å². The molecule has 0 aliphatic heterocycles. The van der Waals surface area contributed by atoms with Gasteiger partial charge in [0.1, 0.15) is 0 Å². The van der Waals surface area contributed by atoms with Gasteiger partial charge in [-0.25, -0.2) is 0 Å². The van der Waals surface area contributed by atoms with Crippen LogP contribution in [0.2, 0.25) is 0 Å². The first kappa shape index (κ1) is 15.2. The summed E-state index contributed by atoms with van der Waals surface area (Å²) in [5, 5.41) is 2.59. The van der Waals surface area contributed by atoms with E-state index in [0.717, 1.165) is 12.8 Å². The Bertz CT molecular complexity index is 203. The molecule has 1 amide bonds. The molecule has 0 aromatic rings. The first-order chi connectivity index (χ1) is 7.45. The number of hydrogen-bond acceptors (Lipinski definition) is 1. The predicted octanol–water partition coefficient (Wildman–Crippen LogP) is 4.02. The average Bonchev–Trinajstić information content (AvgIpc) is 2.15. The summed E-state index contributed by atoms with van der Waals surface area (Å²) in [5.41, 5.74) is 0.462. The van der Waals surface area contributed by atoms with Crippen LogP contribution in [0, 0.1) is 5.41 Å². The minimum atomic E-state index is 0.0877. The summed E-state index contributed by atoms with van der Waals surface area (Å²) in [6.45, 7) is 10.3. The van der Waals surface area contributed by atoms with Crippen molar-refractivity contribution >= 4 is 5.91 Å². The number of carbonyl (C=O) groups is 1. The molecule has 0 unspecified atom stereocenters. The molecular weight excluding hydrogens is 198 g/mol. The third-order valence-electron chi connectivity index (χ3n) is 2.59. The summed E-state index contributed by atoms with van der Waals surface area (Å²) >= 11 is 0. The van der Waals surface area contributed by atoms with E-state index in [4.69, 9.17) is 0 Å². The van der Waals surface area contributed by atoms with Crippen LogP contribution in [0.25, 0.3) is 0 Å². The van der Waals surface area contributed by atoms with Gasteiger partial charge in [-0.2, -0.15) is 0 Å². The van der Waals surface area contributed by atoms with Gasteiger partial charge in [-0.3, -0.25) is 4.79 Å². The average molecular weight is 225 g/mol.